The number of hydrogen-bond acceptors (Lipinski definition) is 3. The molecule has 1 aromatic heterocycles. The topological polar surface area (TPSA) is 71.1 Å². The number of rotatable bonds is 3. The summed E-state index contributed by atoms with van der Waals surface area (Å²) >= 11 is 0. The summed E-state index contributed by atoms with van der Waals surface area (Å²) in [6.45, 7) is 0.410. The Morgan fingerprint density at radius 2 is 2.14 bits per heavy atom. The van der Waals surface area contributed by atoms with Crippen LogP contribution in [0.1, 0.15) is 23.5 Å². The van der Waals surface area contributed by atoms with Crippen LogP contribution in [0.2, 0.25) is 0 Å². The van der Waals surface area contributed by atoms with Crippen molar-refractivity contribution in [2.75, 3.05) is 5.32 Å². The summed E-state index contributed by atoms with van der Waals surface area (Å²) in [5.74, 6) is -0.706. The molecular formula is C16H15N3O2. The molecule has 0 bridgehead atoms. The first-order valence-electron chi connectivity index (χ1n) is 6.79. The molecule has 2 aromatic rings. The van der Waals surface area contributed by atoms with Gasteiger partial charge in [-0.05, 0) is 23.3 Å². The van der Waals surface area contributed by atoms with E-state index >= 15 is 0 Å². The van der Waals surface area contributed by atoms with E-state index < -0.39 is 5.92 Å². The predicted molar refractivity (Wildman–Crippen MR) is 78.5 cm³/mol. The van der Waals surface area contributed by atoms with Crippen molar-refractivity contribution < 1.29 is 9.59 Å². The maximum atomic E-state index is 12.4. The monoisotopic (exact) mass is 281 g/mol. The number of amides is 2. The molecule has 0 saturated heterocycles. The Labute approximate surface area is 122 Å². The summed E-state index contributed by atoms with van der Waals surface area (Å²) in [5, 5.41) is 5.66. The van der Waals surface area contributed by atoms with Crippen LogP contribution in [-0.2, 0) is 16.1 Å². The quantitative estimate of drug-likeness (QED) is 0.901. The number of carbonyl (C=O) groups excluding carboxylic acids is 2. The van der Waals surface area contributed by atoms with Gasteiger partial charge in [-0.1, -0.05) is 24.3 Å². The molecule has 1 aromatic carbocycles. The second-order valence-corrected chi connectivity index (χ2v) is 4.97. The number of pyridine rings is 1. The van der Waals surface area contributed by atoms with Crippen LogP contribution in [0.3, 0.4) is 0 Å². The van der Waals surface area contributed by atoms with Crippen LogP contribution >= 0.6 is 0 Å². The average Bonchev–Trinajstić information content (AvgIpc) is 2.52. The summed E-state index contributed by atoms with van der Waals surface area (Å²) in [6.07, 6.45) is 3.57. The Hall–Kier alpha value is -2.69. The molecule has 5 nitrogen and oxygen atoms in total. The van der Waals surface area contributed by atoms with Crippen molar-refractivity contribution in [2.45, 2.75) is 18.9 Å². The van der Waals surface area contributed by atoms with E-state index in [-0.39, 0.29) is 18.2 Å². The molecule has 106 valence electrons. The molecule has 21 heavy (non-hydrogen) atoms. The number of anilines is 1. The molecule has 5 heteroatoms. The highest BCUT2D eigenvalue weighted by Gasteiger charge is 2.30. The van der Waals surface area contributed by atoms with Gasteiger partial charge in [0.1, 0.15) is 0 Å². The number of carbonyl (C=O) groups is 2. The highest BCUT2D eigenvalue weighted by Crippen LogP contribution is 2.31. The number of aromatic nitrogens is 1. The smallest absolute Gasteiger partial charge is 0.228 e. The van der Waals surface area contributed by atoms with Crippen LogP contribution in [0, 0.1) is 0 Å². The van der Waals surface area contributed by atoms with Crippen LogP contribution in [0.15, 0.2) is 48.8 Å². The minimum atomic E-state index is -0.438. The number of nitrogens with one attached hydrogen (secondary N) is 2. The maximum absolute atomic E-state index is 12.4. The zero-order valence-electron chi connectivity index (χ0n) is 11.4. The van der Waals surface area contributed by atoms with Gasteiger partial charge in [-0.2, -0.15) is 0 Å². The summed E-state index contributed by atoms with van der Waals surface area (Å²) < 4.78 is 0. The highest BCUT2D eigenvalue weighted by atomic mass is 16.2. The lowest BCUT2D eigenvalue weighted by atomic mass is 9.90. The van der Waals surface area contributed by atoms with Crippen molar-refractivity contribution in [1.29, 1.82) is 0 Å². The summed E-state index contributed by atoms with van der Waals surface area (Å²) in [7, 11) is 0. The molecule has 2 amide bonds. The molecule has 1 aliphatic rings. The van der Waals surface area contributed by atoms with Gasteiger partial charge in [0.05, 0.1) is 5.92 Å². The van der Waals surface area contributed by atoms with Gasteiger partial charge in [0.15, 0.2) is 0 Å². The Morgan fingerprint density at radius 1 is 1.29 bits per heavy atom. The SMILES string of the molecule is O=C1CC(C(=O)NCc2cccnc2)c2ccccc2N1. The zero-order chi connectivity index (χ0) is 14.7. The van der Waals surface area contributed by atoms with Gasteiger partial charge in [-0.25, -0.2) is 0 Å². The highest BCUT2D eigenvalue weighted by molar-refractivity contribution is 6.01. The van der Waals surface area contributed by atoms with Gasteiger partial charge in [-0.15, -0.1) is 0 Å². The van der Waals surface area contributed by atoms with E-state index in [0.29, 0.717) is 6.54 Å². The molecular weight excluding hydrogens is 266 g/mol. The predicted octanol–water partition coefficient (Wildman–Crippen LogP) is 1.82. The first kappa shape index (κ1) is 13.3. The summed E-state index contributed by atoms with van der Waals surface area (Å²) in [6, 6.07) is 11.1. The van der Waals surface area contributed by atoms with E-state index in [2.05, 4.69) is 15.6 Å². The van der Waals surface area contributed by atoms with Crippen molar-refractivity contribution in [2.24, 2.45) is 0 Å². The standard InChI is InChI=1S/C16H15N3O2/c20-15-8-13(12-5-1-2-6-14(12)19-15)16(21)18-10-11-4-3-7-17-9-11/h1-7,9,13H,8,10H2,(H,18,21)(H,19,20). The Kier molecular flexibility index (Phi) is 3.64. The number of nitrogens with zero attached hydrogens (tertiary/aromatic N) is 1. The van der Waals surface area contributed by atoms with E-state index in [9.17, 15) is 9.59 Å². The largest absolute Gasteiger partial charge is 0.351 e. The Balaban J connectivity index is 1.74. The van der Waals surface area contributed by atoms with E-state index in [0.717, 1.165) is 16.8 Å². The molecule has 0 radical (unpaired) electrons. The van der Waals surface area contributed by atoms with Gasteiger partial charge in [0.2, 0.25) is 11.8 Å². The number of para-hydroxylation sites is 1. The molecule has 2 heterocycles. The first-order chi connectivity index (χ1) is 10.2. The molecule has 0 spiro atoms. The van der Waals surface area contributed by atoms with E-state index in [1.807, 2.05) is 36.4 Å². The fourth-order valence-electron chi connectivity index (χ4n) is 2.46. The molecule has 3 rings (SSSR count). The normalized spacial score (nSPS) is 16.8. The van der Waals surface area contributed by atoms with Crippen molar-refractivity contribution >= 4 is 17.5 Å². The van der Waals surface area contributed by atoms with Gasteiger partial charge in [0.25, 0.3) is 0 Å². The molecule has 2 N–H and O–H groups in total. The minimum Gasteiger partial charge on any atom is -0.351 e. The number of fused-ring (bicyclic) bond motifs is 1. The van der Waals surface area contributed by atoms with E-state index in [4.69, 9.17) is 0 Å². The molecule has 0 fully saturated rings. The van der Waals surface area contributed by atoms with E-state index in [1.54, 1.807) is 12.4 Å². The van der Waals surface area contributed by atoms with Gasteiger partial charge < -0.3 is 10.6 Å². The van der Waals surface area contributed by atoms with E-state index in [1.165, 1.54) is 0 Å². The fraction of sp³-hybridized carbons (Fsp3) is 0.188. The van der Waals surface area contributed by atoms with Crippen molar-refractivity contribution in [3.63, 3.8) is 0 Å². The first-order valence-corrected chi connectivity index (χ1v) is 6.79. The molecule has 0 aliphatic carbocycles. The third kappa shape index (κ3) is 2.91. The minimum absolute atomic E-state index is 0.129. The zero-order valence-corrected chi connectivity index (χ0v) is 11.4. The lowest BCUT2D eigenvalue weighted by molar-refractivity contribution is -0.126. The van der Waals surface area contributed by atoms with Gasteiger partial charge >= 0.3 is 0 Å². The van der Waals surface area contributed by atoms with Crippen LogP contribution in [-0.4, -0.2) is 16.8 Å². The molecule has 1 aliphatic heterocycles. The Bertz CT molecular complexity index is 670. The molecule has 0 saturated carbocycles. The second-order valence-electron chi connectivity index (χ2n) is 4.97. The van der Waals surface area contributed by atoms with Crippen LogP contribution < -0.4 is 10.6 Å². The summed E-state index contributed by atoms with van der Waals surface area (Å²) in [5.41, 5.74) is 2.51. The van der Waals surface area contributed by atoms with Crippen LogP contribution in [0.4, 0.5) is 5.69 Å². The van der Waals surface area contributed by atoms with Crippen molar-refractivity contribution in [3.8, 4) is 0 Å². The summed E-state index contributed by atoms with van der Waals surface area (Å²) in [4.78, 5) is 28.1. The van der Waals surface area contributed by atoms with Gasteiger partial charge in [-0.3, -0.25) is 14.6 Å². The molecule has 1 unspecified atom stereocenters. The Morgan fingerprint density at radius 3 is 2.95 bits per heavy atom. The number of benzene rings is 1. The molecule has 1 atom stereocenters. The van der Waals surface area contributed by atoms with Crippen LogP contribution in [0.25, 0.3) is 0 Å². The fourth-order valence-corrected chi connectivity index (χ4v) is 2.46. The van der Waals surface area contributed by atoms with Crippen LogP contribution in [0.5, 0.6) is 0 Å². The number of hydrogen-bond donors (Lipinski definition) is 2. The lowest BCUT2D eigenvalue weighted by Gasteiger charge is -2.24. The van der Waals surface area contributed by atoms with Gasteiger partial charge in [0, 0.05) is 31.0 Å². The maximum Gasteiger partial charge on any atom is 0.228 e. The van der Waals surface area contributed by atoms with Crippen molar-refractivity contribution in [3.05, 3.63) is 59.9 Å². The lowest BCUT2D eigenvalue weighted by Crippen LogP contribution is -2.34. The second kappa shape index (κ2) is 5.75. The third-order valence-corrected chi connectivity index (χ3v) is 3.51. The van der Waals surface area contributed by atoms with Crippen molar-refractivity contribution in [1.82, 2.24) is 10.3 Å². The average molecular weight is 281 g/mol. The third-order valence-electron chi connectivity index (χ3n) is 3.51.